The fourth-order valence-electron chi connectivity index (χ4n) is 2.40. The van der Waals surface area contributed by atoms with E-state index in [-0.39, 0.29) is 0 Å². The molecule has 2 aromatic rings. The number of nitrogens with one attached hydrogen (secondary N) is 1. The lowest BCUT2D eigenvalue weighted by Gasteiger charge is -2.20. The van der Waals surface area contributed by atoms with E-state index in [1.54, 1.807) is 7.11 Å². The maximum Gasteiger partial charge on any atom is 0.142 e. The second kappa shape index (κ2) is 6.22. The van der Waals surface area contributed by atoms with Crippen LogP contribution in [0.5, 0.6) is 5.75 Å². The van der Waals surface area contributed by atoms with Gasteiger partial charge in [-0.1, -0.05) is 12.1 Å². The second-order valence-electron chi connectivity index (χ2n) is 5.55. The van der Waals surface area contributed by atoms with Crippen LogP contribution < -0.4 is 15.0 Å². The summed E-state index contributed by atoms with van der Waals surface area (Å²) >= 11 is 0. The largest absolute Gasteiger partial charge is 0.495 e. The van der Waals surface area contributed by atoms with Crippen LogP contribution in [-0.2, 0) is 13.1 Å². The fourth-order valence-corrected chi connectivity index (χ4v) is 2.40. The van der Waals surface area contributed by atoms with Crippen molar-refractivity contribution >= 4 is 5.69 Å². The maximum atomic E-state index is 5.88. The van der Waals surface area contributed by atoms with Crippen molar-refractivity contribution in [2.45, 2.75) is 32.0 Å². The van der Waals surface area contributed by atoms with E-state index in [1.165, 1.54) is 12.8 Å². The van der Waals surface area contributed by atoms with Crippen LogP contribution in [0.4, 0.5) is 5.69 Å². The molecular formula is C17H22N2O2. The highest BCUT2D eigenvalue weighted by molar-refractivity contribution is 5.57. The molecule has 0 radical (unpaired) electrons. The molecule has 3 rings (SSSR count). The minimum atomic E-state index is 0.704. The Balaban J connectivity index is 1.62. The molecule has 4 heteroatoms. The molecule has 1 aromatic heterocycles. The maximum absolute atomic E-state index is 5.88. The Bertz CT molecular complexity index is 590. The first-order chi connectivity index (χ1) is 10.3. The van der Waals surface area contributed by atoms with Crippen LogP contribution in [0, 0.1) is 0 Å². The van der Waals surface area contributed by atoms with E-state index in [1.807, 2.05) is 25.2 Å². The lowest BCUT2D eigenvalue weighted by molar-refractivity contribution is 0.413. The molecule has 4 nitrogen and oxygen atoms in total. The number of ether oxygens (including phenoxy) is 1. The number of benzene rings is 1. The Labute approximate surface area is 125 Å². The summed E-state index contributed by atoms with van der Waals surface area (Å²) in [6.07, 6.45) is 2.59. The third-order valence-corrected chi connectivity index (χ3v) is 3.75. The first-order valence-electron chi connectivity index (χ1n) is 7.41. The fraction of sp³-hybridized carbons (Fsp3) is 0.412. The number of para-hydroxylation sites is 2. The molecule has 1 aliphatic rings. The molecule has 1 aromatic carbocycles. The van der Waals surface area contributed by atoms with Gasteiger partial charge in [0.2, 0.25) is 0 Å². The van der Waals surface area contributed by atoms with Gasteiger partial charge in [-0.15, -0.1) is 0 Å². The molecule has 1 fully saturated rings. The summed E-state index contributed by atoms with van der Waals surface area (Å²) in [6, 6.07) is 12.8. The van der Waals surface area contributed by atoms with E-state index in [0.717, 1.165) is 36.0 Å². The Kier molecular flexibility index (Phi) is 4.15. The van der Waals surface area contributed by atoms with Gasteiger partial charge in [0.05, 0.1) is 25.9 Å². The monoisotopic (exact) mass is 286 g/mol. The van der Waals surface area contributed by atoms with E-state index in [2.05, 4.69) is 28.4 Å². The molecule has 0 amide bonds. The van der Waals surface area contributed by atoms with E-state index < -0.39 is 0 Å². The van der Waals surface area contributed by atoms with Crippen molar-refractivity contribution in [2.75, 3.05) is 19.1 Å². The molecular weight excluding hydrogens is 264 g/mol. The van der Waals surface area contributed by atoms with E-state index in [4.69, 9.17) is 9.15 Å². The predicted octanol–water partition coefficient (Wildman–Crippen LogP) is 3.18. The number of furan rings is 1. The van der Waals surface area contributed by atoms with Crippen LogP contribution in [0.15, 0.2) is 40.8 Å². The Morgan fingerprint density at radius 1 is 1.19 bits per heavy atom. The van der Waals surface area contributed by atoms with E-state index in [0.29, 0.717) is 6.04 Å². The van der Waals surface area contributed by atoms with Crippen LogP contribution >= 0.6 is 0 Å². The third-order valence-electron chi connectivity index (χ3n) is 3.75. The smallest absolute Gasteiger partial charge is 0.142 e. The SMILES string of the molecule is COc1ccccc1N(C)Cc1ccc(CNC2CC2)o1. The number of hydrogen-bond acceptors (Lipinski definition) is 4. The van der Waals surface area contributed by atoms with Crippen molar-refractivity contribution in [1.29, 1.82) is 0 Å². The highest BCUT2D eigenvalue weighted by Crippen LogP contribution is 2.28. The van der Waals surface area contributed by atoms with Crippen LogP contribution in [0.1, 0.15) is 24.4 Å². The summed E-state index contributed by atoms with van der Waals surface area (Å²) < 4.78 is 11.3. The van der Waals surface area contributed by atoms with Crippen LogP contribution in [-0.4, -0.2) is 20.2 Å². The van der Waals surface area contributed by atoms with Crippen molar-refractivity contribution in [3.8, 4) is 5.75 Å². The molecule has 21 heavy (non-hydrogen) atoms. The Hall–Kier alpha value is -1.94. The normalized spacial score (nSPS) is 14.2. The molecule has 0 bridgehead atoms. The third kappa shape index (κ3) is 3.58. The summed E-state index contributed by atoms with van der Waals surface area (Å²) in [4.78, 5) is 2.13. The van der Waals surface area contributed by atoms with Crippen molar-refractivity contribution < 1.29 is 9.15 Å². The lowest BCUT2D eigenvalue weighted by Crippen LogP contribution is -2.17. The summed E-state index contributed by atoms with van der Waals surface area (Å²) in [5.41, 5.74) is 1.06. The molecule has 0 atom stereocenters. The predicted molar refractivity (Wildman–Crippen MR) is 83.7 cm³/mol. The minimum absolute atomic E-state index is 0.704. The summed E-state index contributed by atoms with van der Waals surface area (Å²) in [6.45, 7) is 1.55. The molecule has 0 aliphatic heterocycles. The first-order valence-corrected chi connectivity index (χ1v) is 7.41. The molecule has 1 saturated carbocycles. The molecule has 1 aliphatic carbocycles. The molecule has 1 N–H and O–H groups in total. The zero-order valence-corrected chi connectivity index (χ0v) is 12.6. The zero-order valence-electron chi connectivity index (χ0n) is 12.6. The number of methoxy groups -OCH3 is 1. The van der Waals surface area contributed by atoms with Crippen LogP contribution in [0.3, 0.4) is 0 Å². The standard InChI is InChI=1S/C17H22N2O2/c1-19(16-5-3-4-6-17(16)20-2)12-15-10-9-14(21-15)11-18-13-7-8-13/h3-6,9-10,13,18H,7-8,11-12H2,1-2H3. The minimum Gasteiger partial charge on any atom is -0.495 e. The van der Waals surface area contributed by atoms with Crippen LogP contribution in [0.2, 0.25) is 0 Å². The van der Waals surface area contributed by atoms with Gasteiger partial charge in [-0.25, -0.2) is 0 Å². The molecule has 1 heterocycles. The number of rotatable bonds is 7. The van der Waals surface area contributed by atoms with Gasteiger partial charge in [-0.2, -0.15) is 0 Å². The first kappa shape index (κ1) is 14.0. The number of nitrogens with zero attached hydrogens (tertiary/aromatic N) is 1. The van der Waals surface area contributed by atoms with E-state index in [9.17, 15) is 0 Å². The van der Waals surface area contributed by atoms with Crippen molar-refractivity contribution in [2.24, 2.45) is 0 Å². The van der Waals surface area contributed by atoms with Crippen molar-refractivity contribution in [1.82, 2.24) is 5.32 Å². The summed E-state index contributed by atoms with van der Waals surface area (Å²) in [5.74, 6) is 2.85. The number of anilines is 1. The van der Waals surface area contributed by atoms with Gasteiger partial charge in [0.25, 0.3) is 0 Å². The van der Waals surface area contributed by atoms with Gasteiger partial charge in [-0.05, 0) is 37.1 Å². The van der Waals surface area contributed by atoms with Crippen molar-refractivity contribution in [3.05, 3.63) is 47.9 Å². The zero-order chi connectivity index (χ0) is 14.7. The Morgan fingerprint density at radius 3 is 2.71 bits per heavy atom. The summed E-state index contributed by atoms with van der Waals surface area (Å²) in [5, 5.41) is 3.46. The average molecular weight is 286 g/mol. The molecule has 0 saturated heterocycles. The van der Waals surface area contributed by atoms with Crippen molar-refractivity contribution in [3.63, 3.8) is 0 Å². The molecule has 0 unspecified atom stereocenters. The highest BCUT2D eigenvalue weighted by atomic mass is 16.5. The van der Waals surface area contributed by atoms with Gasteiger partial charge in [0, 0.05) is 13.1 Å². The second-order valence-corrected chi connectivity index (χ2v) is 5.55. The number of hydrogen-bond donors (Lipinski definition) is 1. The quantitative estimate of drug-likeness (QED) is 0.848. The van der Waals surface area contributed by atoms with Gasteiger partial charge in [-0.3, -0.25) is 0 Å². The average Bonchev–Trinajstić information content (AvgIpc) is 3.24. The molecule has 112 valence electrons. The Morgan fingerprint density at radius 2 is 1.95 bits per heavy atom. The lowest BCUT2D eigenvalue weighted by atomic mass is 10.2. The van der Waals surface area contributed by atoms with Gasteiger partial charge >= 0.3 is 0 Å². The highest BCUT2D eigenvalue weighted by Gasteiger charge is 2.20. The van der Waals surface area contributed by atoms with Gasteiger partial charge in [0.1, 0.15) is 17.3 Å². The van der Waals surface area contributed by atoms with Crippen LogP contribution in [0.25, 0.3) is 0 Å². The summed E-state index contributed by atoms with van der Waals surface area (Å²) in [7, 11) is 3.74. The molecule has 0 spiro atoms. The van der Waals surface area contributed by atoms with E-state index >= 15 is 0 Å². The van der Waals surface area contributed by atoms with Gasteiger partial charge in [0.15, 0.2) is 0 Å². The topological polar surface area (TPSA) is 37.6 Å². The van der Waals surface area contributed by atoms with Gasteiger partial charge < -0.3 is 19.4 Å².